The van der Waals surface area contributed by atoms with Crippen LogP contribution < -0.4 is 0 Å². The van der Waals surface area contributed by atoms with Gasteiger partial charge in [-0.15, -0.1) is 34.0 Å². The smallest absolute Gasteiger partial charge is 0.0542 e. The van der Waals surface area contributed by atoms with E-state index in [1.165, 1.54) is 93.5 Å². The van der Waals surface area contributed by atoms with E-state index in [9.17, 15) is 0 Å². The van der Waals surface area contributed by atoms with Crippen molar-refractivity contribution in [1.82, 2.24) is 0 Å². The lowest BCUT2D eigenvalue weighted by atomic mass is 9.97. The SMILES string of the molecule is c1ccc2cc3c(cc2c1)sc1c2cc4ccc(-c5ccc6cc(-c7cc8ccccc8s7)ccc6c5)cc4cc2sc31. The molecule has 0 bridgehead atoms. The lowest BCUT2D eigenvalue weighted by Gasteiger charge is -2.08. The van der Waals surface area contributed by atoms with Gasteiger partial charge in [0.1, 0.15) is 0 Å². The zero-order valence-electron chi connectivity index (χ0n) is 22.9. The van der Waals surface area contributed by atoms with Gasteiger partial charge in [-0.05, 0) is 109 Å². The summed E-state index contributed by atoms with van der Waals surface area (Å²) in [4.78, 5) is 1.32. The van der Waals surface area contributed by atoms with Crippen molar-refractivity contribution in [3.05, 3.63) is 133 Å². The fourth-order valence-electron chi connectivity index (χ4n) is 6.57. The fraction of sp³-hybridized carbons (Fsp3) is 0. The Morgan fingerprint density at radius 2 is 0.791 bits per heavy atom. The molecule has 0 atom stereocenters. The van der Waals surface area contributed by atoms with Crippen molar-refractivity contribution in [3.8, 4) is 21.6 Å². The van der Waals surface area contributed by atoms with Gasteiger partial charge in [0.2, 0.25) is 0 Å². The normalized spacial score (nSPS) is 12.2. The van der Waals surface area contributed by atoms with Crippen molar-refractivity contribution in [3.63, 3.8) is 0 Å². The number of hydrogen-bond acceptors (Lipinski definition) is 3. The third-order valence-electron chi connectivity index (χ3n) is 8.79. The van der Waals surface area contributed by atoms with Gasteiger partial charge in [0.05, 0.1) is 9.40 Å². The first-order valence-electron chi connectivity index (χ1n) is 14.5. The molecule has 3 heterocycles. The van der Waals surface area contributed by atoms with Crippen molar-refractivity contribution in [1.29, 1.82) is 0 Å². The molecule has 0 aliphatic carbocycles. The number of hydrogen-bond donors (Lipinski definition) is 0. The standard InChI is InChI=1S/C40H22S3/c1-2-6-24-20-37-33(18-23(24)5-1)39-40(42-37)34-19-29-12-11-28(17-32(29)22-38(34)43-39)25-9-10-27-16-31(14-13-26(27)15-25)36-21-30-7-3-4-8-35(30)41-36/h1-22H. The van der Waals surface area contributed by atoms with E-state index in [1.54, 1.807) is 0 Å². The van der Waals surface area contributed by atoms with Crippen molar-refractivity contribution < 1.29 is 0 Å². The highest BCUT2D eigenvalue weighted by Crippen LogP contribution is 2.46. The lowest BCUT2D eigenvalue weighted by Crippen LogP contribution is -1.82. The van der Waals surface area contributed by atoms with E-state index in [2.05, 4.69) is 133 Å². The van der Waals surface area contributed by atoms with Gasteiger partial charge in [-0.25, -0.2) is 0 Å². The van der Waals surface area contributed by atoms with Crippen molar-refractivity contribution in [2.75, 3.05) is 0 Å². The first-order valence-corrected chi connectivity index (χ1v) is 16.9. The van der Waals surface area contributed by atoms with Crippen LogP contribution in [0.5, 0.6) is 0 Å². The predicted octanol–water partition coefficient (Wildman–Crippen LogP) is 13.3. The Balaban J connectivity index is 1.05. The Morgan fingerprint density at radius 3 is 1.47 bits per heavy atom. The van der Waals surface area contributed by atoms with Crippen LogP contribution in [-0.2, 0) is 0 Å². The molecule has 0 N–H and O–H groups in total. The van der Waals surface area contributed by atoms with Crippen LogP contribution in [0.3, 0.4) is 0 Å². The molecule has 0 nitrogen and oxygen atoms in total. The third kappa shape index (κ3) is 3.72. The van der Waals surface area contributed by atoms with Crippen molar-refractivity contribution >= 4 is 106 Å². The van der Waals surface area contributed by atoms with Gasteiger partial charge >= 0.3 is 0 Å². The van der Waals surface area contributed by atoms with Gasteiger partial charge in [-0.2, -0.15) is 0 Å². The van der Waals surface area contributed by atoms with E-state index in [4.69, 9.17) is 0 Å². The molecule has 0 aliphatic heterocycles. The topological polar surface area (TPSA) is 0 Å². The highest BCUT2D eigenvalue weighted by atomic mass is 32.1. The molecular weight excluding hydrogens is 577 g/mol. The summed E-state index contributed by atoms with van der Waals surface area (Å²) >= 11 is 5.74. The van der Waals surface area contributed by atoms with Crippen LogP contribution in [-0.4, -0.2) is 0 Å². The second-order valence-corrected chi connectivity index (χ2v) is 14.6. The van der Waals surface area contributed by atoms with Crippen molar-refractivity contribution in [2.24, 2.45) is 0 Å². The van der Waals surface area contributed by atoms with Gasteiger partial charge in [-0.1, -0.05) is 78.9 Å². The monoisotopic (exact) mass is 598 g/mol. The Morgan fingerprint density at radius 1 is 0.302 bits per heavy atom. The molecule has 7 aromatic carbocycles. The molecule has 0 unspecified atom stereocenters. The summed E-state index contributed by atoms with van der Waals surface area (Å²) < 4.78 is 6.92. The minimum absolute atomic E-state index is 1.26. The van der Waals surface area contributed by atoms with E-state index < -0.39 is 0 Å². The first kappa shape index (κ1) is 24.0. The second-order valence-electron chi connectivity index (χ2n) is 11.4. The number of rotatable bonds is 2. The van der Waals surface area contributed by atoms with E-state index in [0.717, 1.165) is 0 Å². The highest BCUT2D eigenvalue weighted by molar-refractivity contribution is 7.36. The number of benzene rings is 7. The van der Waals surface area contributed by atoms with Crippen LogP contribution in [0.2, 0.25) is 0 Å². The molecule has 0 saturated carbocycles. The molecule has 0 amide bonds. The molecule has 3 heteroatoms. The molecule has 10 rings (SSSR count). The summed E-state index contributed by atoms with van der Waals surface area (Å²) in [5.41, 5.74) is 3.81. The van der Waals surface area contributed by atoms with Crippen LogP contribution >= 0.6 is 34.0 Å². The number of fused-ring (bicyclic) bond motifs is 9. The molecular formula is C40H22S3. The van der Waals surface area contributed by atoms with Crippen LogP contribution in [0.25, 0.3) is 93.5 Å². The highest BCUT2D eigenvalue weighted by Gasteiger charge is 2.14. The molecule has 0 fully saturated rings. The summed E-state index contributed by atoms with van der Waals surface area (Å²) in [6, 6.07) is 49.9. The molecule has 43 heavy (non-hydrogen) atoms. The maximum atomic E-state index is 2.40. The van der Waals surface area contributed by atoms with Crippen molar-refractivity contribution in [2.45, 2.75) is 0 Å². The molecule has 10 aromatic rings. The summed E-state index contributed by atoms with van der Waals surface area (Å²) in [5.74, 6) is 0. The predicted molar refractivity (Wildman–Crippen MR) is 193 cm³/mol. The average Bonchev–Trinajstić information content (AvgIpc) is 3.74. The minimum atomic E-state index is 1.26. The van der Waals surface area contributed by atoms with Gasteiger partial charge in [0.15, 0.2) is 0 Å². The Labute approximate surface area is 259 Å². The largest absolute Gasteiger partial charge is 0.135 e. The first-order chi connectivity index (χ1) is 21.2. The Kier molecular flexibility index (Phi) is 5.00. The molecule has 0 spiro atoms. The van der Waals surface area contributed by atoms with Crippen LogP contribution in [0.1, 0.15) is 0 Å². The van der Waals surface area contributed by atoms with Crippen LogP contribution in [0, 0.1) is 0 Å². The molecule has 3 aromatic heterocycles. The number of thiophene rings is 3. The summed E-state index contributed by atoms with van der Waals surface area (Å²) in [6.45, 7) is 0. The van der Waals surface area contributed by atoms with Gasteiger partial charge in [0, 0.05) is 29.7 Å². The lowest BCUT2D eigenvalue weighted by molar-refractivity contribution is 1.68. The van der Waals surface area contributed by atoms with Crippen LogP contribution in [0.4, 0.5) is 0 Å². The van der Waals surface area contributed by atoms with Gasteiger partial charge < -0.3 is 0 Å². The van der Waals surface area contributed by atoms with Crippen LogP contribution in [0.15, 0.2) is 133 Å². The third-order valence-corrected chi connectivity index (χ3v) is 12.5. The van der Waals surface area contributed by atoms with E-state index in [1.807, 2.05) is 34.0 Å². The van der Waals surface area contributed by atoms with Gasteiger partial charge in [0.25, 0.3) is 0 Å². The molecule has 0 aliphatic rings. The molecule has 0 radical (unpaired) electrons. The Bertz CT molecular complexity index is 2700. The quantitative estimate of drug-likeness (QED) is 0.186. The minimum Gasteiger partial charge on any atom is -0.135 e. The summed E-state index contributed by atoms with van der Waals surface area (Å²) in [6.07, 6.45) is 0. The average molecular weight is 599 g/mol. The second kappa shape index (κ2) is 8.98. The van der Waals surface area contributed by atoms with E-state index in [-0.39, 0.29) is 0 Å². The van der Waals surface area contributed by atoms with E-state index >= 15 is 0 Å². The zero-order chi connectivity index (χ0) is 28.1. The molecule has 0 saturated heterocycles. The van der Waals surface area contributed by atoms with E-state index in [0.29, 0.717) is 0 Å². The maximum Gasteiger partial charge on any atom is 0.0542 e. The fourth-order valence-corrected chi connectivity index (χ4v) is 10.3. The zero-order valence-corrected chi connectivity index (χ0v) is 25.4. The molecule has 200 valence electrons. The maximum absolute atomic E-state index is 2.40. The Hall–Kier alpha value is -4.54. The summed E-state index contributed by atoms with van der Waals surface area (Å²) in [7, 11) is 0. The van der Waals surface area contributed by atoms with Gasteiger partial charge in [-0.3, -0.25) is 0 Å². The summed E-state index contributed by atoms with van der Waals surface area (Å²) in [5, 5.41) is 11.9.